The van der Waals surface area contributed by atoms with E-state index < -0.39 is 48.6 Å². The topological polar surface area (TPSA) is 70.7 Å². The number of benzene rings is 1. The van der Waals surface area contributed by atoms with Crippen LogP contribution in [0.2, 0.25) is 0 Å². The molecule has 1 saturated carbocycles. The SMILES string of the molecule is O=C(CN1CC2(CCC(C(=O)Nc3cc(F)cc(C(F)F)c3)CC2)C1)NC1(C(F)(F)F)COC1. The van der Waals surface area contributed by atoms with E-state index in [1.165, 1.54) is 0 Å². The number of carbonyl (C=O) groups excluding carboxylic acids is 2. The molecule has 6 nitrogen and oxygen atoms in total. The molecular weight excluding hydrogens is 468 g/mol. The predicted molar refractivity (Wildman–Crippen MR) is 109 cm³/mol. The van der Waals surface area contributed by atoms with Crippen molar-refractivity contribution in [1.29, 1.82) is 0 Å². The summed E-state index contributed by atoms with van der Waals surface area (Å²) in [7, 11) is 0. The van der Waals surface area contributed by atoms with Gasteiger partial charge in [-0.3, -0.25) is 14.5 Å². The van der Waals surface area contributed by atoms with Crippen LogP contribution in [0.15, 0.2) is 18.2 Å². The Bertz CT molecular complexity index is 934. The quantitative estimate of drug-likeness (QED) is 0.594. The Morgan fingerprint density at radius 1 is 1.12 bits per heavy atom. The third kappa shape index (κ3) is 5.02. The Balaban J connectivity index is 1.23. The molecule has 3 aliphatic rings. The smallest absolute Gasteiger partial charge is 0.376 e. The van der Waals surface area contributed by atoms with E-state index in [2.05, 4.69) is 15.4 Å². The summed E-state index contributed by atoms with van der Waals surface area (Å²) in [6.45, 7) is -0.225. The highest BCUT2D eigenvalue weighted by molar-refractivity contribution is 5.92. The fraction of sp³-hybridized carbons (Fsp3) is 0.636. The molecule has 12 heteroatoms. The Morgan fingerprint density at radius 2 is 1.76 bits per heavy atom. The van der Waals surface area contributed by atoms with Crippen molar-refractivity contribution in [3.8, 4) is 0 Å². The molecule has 2 aliphatic heterocycles. The third-order valence-corrected chi connectivity index (χ3v) is 6.96. The number of amides is 2. The van der Waals surface area contributed by atoms with Crippen LogP contribution in [0, 0.1) is 17.2 Å². The summed E-state index contributed by atoms with van der Waals surface area (Å²) in [4.78, 5) is 26.5. The zero-order valence-corrected chi connectivity index (χ0v) is 18.2. The molecule has 0 aromatic heterocycles. The van der Waals surface area contributed by atoms with Crippen molar-refractivity contribution in [3.05, 3.63) is 29.6 Å². The van der Waals surface area contributed by atoms with Crippen LogP contribution >= 0.6 is 0 Å². The van der Waals surface area contributed by atoms with E-state index in [-0.39, 0.29) is 29.5 Å². The van der Waals surface area contributed by atoms with Crippen LogP contribution in [0.3, 0.4) is 0 Å². The van der Waals surface area contributed by atoms with E-state index in [4.69, 9.17) is 0 Å². The first-order valence-electron chi connectivity index (χ1n) is 11.0. The molecule has 1 spiro atoms. The Labute approximate surface area is 192 Å². The lowest BCUT2D eigenvalue weighted by atomic mass is 9.65. The number of nitrogens with zero attached hydrogens (tertiary/aromatic N) is 1. The molecule has 0 bridgehead atoms. The van der Waals surface area contributed by atoms with Crippen LogP contribution in [0.1, 0.15) is 37.7 Å². The van der Waals surface area contributed by atoms with Crippen molar-refractivity contribution in [2.75, 3.05) is 38.2 Å². The highest BCUT2D eigenvalue weighted by Gasteiger charge is 2.61. The first-order valence-corrected chi connectivity index (χ1v) is 11.0. The van der Waals surface area contributed by atoms with E-state index in [0.29, 0.717) is 38.8 Å². The van der Waals surface area contributed by atoms with Crippen LogP contribution < -0.4 is 10.6 Å². The number of nitrogens with one attached hydrogen (secondary N) is 2. The standard InChI is InChI=1S/C22H25F6N3O3/c23-15-5-14(18(24)25)6-16(7-15)29-19(33)13-1-3-20(4-2-13)9-31(10-20)8-17(32)30-21(11-34-12-21)22(26,27)28/h5-7,13,18H,1-4,8-12H2,(H,29,33)(H,30,32). The summed E-state index contributed by atoms with van der Waals surface area (Å²) in [5.41, 5.74) is -2.94. The lowest BCUT2D eigenvalue weighted by Crippen LogP contribution is -2.71. The van der Waals surface area contributed by atoms with Gasteiger partial charge in [0.2, 0.25) is 11.8 Å². The number of hydrogen-bond acceptors (Lipinski definition) is 4. The number of likely N-dealkylation sites (tertiary alicyclic amines) is 1. The number of ether oxygens (including phenoxy) is 1. The molecular formula is C22H25F6N3O3. The van der Waals surface area contributed by atoms with Crippen molar-refractivity contribution < 1.29 is 40.7 Å². The van der Waals surface area contributed by atoms with Gasteiger partial charge in [0.05, 0.1) is 19.8 Å². The summed E-state index contributed by atoms with van der Waals surface area (Å²) in [5, 5.41) is 4.58. The van der Waals surface area contributed by atoms with Gasteiger partial charge >= 0.3 is 6.18 Å². The van der Waals surface area contributed by atoms with Crippen molar-refractivity contribution in [2.45, 2.75) is 43.8 Å². The number of hydrogen-bond donors (Lipinski definition) is 2. The molecule has 2 amide bonds. The molecule has 34 heavy (non-hydrogen) atoms. The molecule has 188 valence electrons. The maximum absolute atomic E-state index is 13.6. The Hall–Kier alpha value is -2.34. The van der Waals surface area contributed by atoms with Crippen LogP contribution in [-0.2, 0) is 14.3 Å². The lowest BCUT2D eigenvalue weighted by Gasteiger charge is -2.53. The van der Waals surface area contributed by atoms with E-state index in [1.807, 2.05) is 0 Å². The molecule has 0 unspecified atom stereocenters. The minimum absolute atomic E-state index is 0.0186. The zero-order valence-electron chi connectivity index (χ0n) is 18.2. The second kappa shape index (κ2) is 9.03. The molecule has 0 atom stereocenters. The van der Waals surface area contributed by atoms with Crippen LogP contribution in [0.5, 0.6) is 0 Å². The largest absolute Gasteiger partial charge is 0.416 e. The first kappa shape index (κ1) is 24.8. The second-order valence-corrected chi connectivity index (χ2v) is 9.60. The highest BCUT2D eigenvalue weighted by Crippen LogP contribution is 2.46. The second-order valence-electron chi connectivity index (χ2n) is 9.60. The molecule has 0 radical (unpaired) electrons. The maximum Gasteiger partial charge on any atom is 0.416 e. The van der Waals surface area contributed by atoms with Crippen molar-refractivity contribution in [3.63, 3.8) is 0 Å². The minimum Gasteiger partial charge on any atom is -0.376 e. The van der Waals surface area contributed by atoms with Gasteiger partial charge in [-0.1, -0.05) is 0 Å². The fourth-order valence-corrected chi connectivity index (χ4v) is 5.00. The lowest BCUT2D eigenvalue weighted by molar-refractivity contribution is -0.266. The predicted octanol–water partition coefficient (Wildman–Crippen LogP) is 3.64. The normalized spacial score (nSPS) is 22.2. The first-order chi connectivity index (χ1) is 15.9. The number of alkyl halides is 5. The summed E-state index contributed by atoms with van der Waals surface area (Å²) in [5.74, 6) is -2.29. The number of halogens is 6. The number of rotatable bonds is 6. The van der Waals surface area contributed by atoms with Gasteiger partial charge in [-0.25, -0.2) is 13.2 Å². The van der Waals surface area contributed by atoms with Gasteiger partial charge in [0.25, 0.3) is 6.43 Å². The molecule has 2 heterocycles. The Kier molecular flexibility index (Phi) is 6.58. The summed E-state index contributed by atoms with van der Waals surface area (Å²) in [6, 6.07) is 2.75. The van der Waals surface area contributed by atoms with Gasteiger partial charge in [0.15, 0.2) is 5.54 Å². The average Bonchev–Trinajstić information content (AvgIpc) is 2.68. The number of carbonyl (C=O) groups is 2. The van der Waals surface area contributed by atoms with Gasteiger partial charge in [-0.15, -0.1) is 0 Å². The molecule has 3 fully saturated rings. The van der Waals surface area contributed by atoms with Crippen LogP contribution in [0.25, 0.3) is 0 Å². The van der Waals surface area contributed by atoms with Gasteiger partial charge in [-0.2, -0.15) is 13.2 Å². The Morgan fingerprint density at radius 3 is 2.29 bits per heavy atom. The third-order valence-electron chi connectivity index (χ3n) is 6.96. The van der Waals surface area contributed by atoms with Crippen LogP contribution in [0.4, 0.5) is 32.0 Å². The molecule has 4 rings (SSSR count). The summed E-state index contributed by atoms with van der Waals surface area (Å²) >= 11 is 0. The molecule has 1 aliphatic carbocycles. The molecule has 2 saturated heterocycles. The van der Waals surface area contributed by atoms with E-state index in [1.54, 1.807) is 4.90 Å². The van der Waals surface area contributed by atoms with E-state index >= 15 is 0 Å². The van der Waals surface area contributed by atoms with Crippen LogP contribution in [-0.4, -0.2) is 61.3 Å². The van der Waals surface area contributed by atoms with Crippen molar-refractivity contribution in [2.24, 2.45) is 11.3 Å². The highest BCUT2D eigenvalue weighted by atomic mass is 19.4. The average molecular weight is 493 g/mol. The summed E-state index contributed by atoms with van der Waals surface area (Å²) in [6.07, 6.45) is -4.98. The van der Waals surface area contributed by atoms with E-state index in [9.17, 15) is 35.9 Å². The monoisotopic (exact) mass is 493 g/mol. The minimum atomic E-state index is -4.58. The molecule has 1 aromatic carbocycles. The van der Waals surface area contributed by atoms with Crippen molar-refractivity contribution in [1.82, 2.24) is 10.2 Å². The van der Waals surface area contributed by atoms with Gasteiger partial charge in [0, 0.05) is 30.3 Å². The zero-order chi connectivity index (χ0) is 24.7. The van der Waals surface area contributed by atoms with Crippen molar-refractivity contribution >= 4 is 17.5 Å². The van der Waals surface area contributed by atoms with Gasteiger partial charge < -0.3 is 15.4 Å². The molecule has 2 N–H and O–H groups in total. The maximum atomic E-state index is 13.6. The molecule has 1 aromatic rings. The van der Waals surface area contributed by atoms with Gasteiger partial charge in [0.1, 0.15) is 5.82 Å². The fourth-order valence-electron chi connectivity index (χ4n) is 5.00. The van der Waals surface area contributed by atoms with E-state index in [0.717, 1.165) is 18.2 Å². The van der Waals surface area contributed by atoms with Gasteiger partial charge in [-0.05, 0) is 49.3 Å². The number of anilines is 1. The summed E-state index contributed by atoms with van der Waals surface area (Å²) < 4.78 is 83.4.